The van der Waals surface area contributed by atoms with Gasteiger partial charge in [0, 0.05) is 18.4 Å². The molecule has 1 aromatic rings. The SMILES string of the molecule is CCC(CCN)Nc1ncc[nH]c1=O. The molecule has 14 heavy (non-hydrogen) atoms. The van der Waals surface area contributed by atoms with Crippen LogP contribution in [-0.4, -0.2) is 22.6 Å². The van der Waals surface area contributed by atoms with Gasteiger partial charge in [0.15, 0.2) is 5.82 Å². The highest BCUT2D eigenvalue weighted by atomic mass is 16.1. The molecule has 0 radical (unpaired) electrons. The van der Waals surface area contributed by atoms with E-state index in [0.29, 0.717) is 12.4 Å². The normalized spacial score (nSPS) is 12.4. The van der Waals surface area contributed by atoms with Crippen molar-refractivity contribution in [3.63, 3.8) is 0 Å². The summed E-state index contributed by atoms with van der Waals surface area (Å²) in [5.74, 6) is 0.368. The molecule has 1 heterocycles. The van der Waals surface area contributed by atoms with E-state index in [1.165, 1.54) is 6.20 Å². The highest BCUT2D eigenvalue weighted by molar-refractivity contribution is 5.31. The average molecular weight is 196 g/mol. The molecular formula is C9H16N4O. The molecule has 0 aromatic carbocycles. The first-order valence-electron chi connectivity index (χ1n) is 4.78. The third-order valence-corrected chi connectivity index (χ3v) is 2.06. The molecule has 0 fully saturated rings. The summed E-state index contributed by atoms with van der Waals surface area (Å²) < 4.78 is 0. The molecule has 5 heteroatoms. The summed E-state index contributed by atoms with van der Waals surface area (Å²) in [6.07, 6.45) is 4.83. The predicted octanol–water partition coefficient (Wildman–Crippen LogP) is 0.309. The fraction of sp³-hybridized carbons (Fsp3) is 0.556. The number of hydrogen-bond acceptors (Lipinski definition) is 4. The summed E-state index contributed by atoms with van der Waals surface area (Å²) in [5, 5.41) is 3.06. The maximum Gasteiger partial charge on any atom is 0.290 e. The Morgan fingerprint density at radius 3 is 3.07 bits per heavy atom. The van der Waals surface area contributed by atoms with Crippen LogP contribution >= 0.6 is 0 Å². The molecule has 0 bridgehead atoms. The number of nitrogens with zero attached hydrogens (tertiary/aromatic N) is 1. The van der Waals surface area contributed by atoms with Crippen molar-refractivity contribution in [3.8, 4) is 0 Å². The van der Waals surface area contributed by atoms with Crippen LogP contribution in [0.4, 0.5) is 5.82 Å². The van der Waals surface area contributed by atoms with E-state index in [4.69, 9.17) is 5.73 Å². The van der Waals surface area contributed by atoms with E-state index in [1.807, 2.05) is 6.92 Å². The van der Waals surface area contributed by atoms with E-state index < -0.39 is 0 Å². The highest BCUT2D eigenvalue weighted by Gasteiger charge is 2.07. The van der Waals surface area contributed by atoms with Gasteiger partial charge in [-0.3, -0.25) is 4.79 Å². The van der Waals surface area contributed by atoms with Crippen LogP contribution in [0.2, 0.25) is 0 Å². The molecule has 5 nitrogen and oxygen atoms in total. The second-order valence-corrected chi connectivity index (χ2v) is 3.09. The minimum atomic E-state index is -0.192. The van der Waals surface area contributed by atoms with Gasteiger partial charge in [-0.1, -0.05) is 6.92 Å². The van der Waals surface area contributed by atoms with Crippen molar-refractivity contribution in [2.75, 3.05) is 11.9 Å². The van der Waals surface area contributed by atoms with E-state index in [1.54, 1.807) is 6.20 Å². The van der Waals surface area contributed by atoms with Crippen LogP contribution in [0.15, 0.2) is 17.2 Å². The van der Waals surface area contributed by atoms with Crippen molar-refractivity contribution < 1.29 is 0 Å². The molecule has 0 saturated heterocycles. The van der Waals surface area contributed by atoms with E-state index in [0.717, 1.165) is 12.8 Å². The molecule has 1 atom stereocenters. The molecule has 0 saturated carbocycles. The molecular weight excluding hydrogens is 180 g/mol. The fourth-order valence-corrected chi connectivity index (χ4v) is 1.23. The first-order chi connectivity index (χ1) is 6.77. The zero-order valence-corrected chi connectivity index (χ0v) is 8.29. The van der Waals surface area contributed by atoms with E-state index in [9.17, 15) is 4.79 Å². The number of H-pyrrole nitrogens is 1. The molecule has 78 valence electrons. The Labute approximate surface area is 82.7 Å². The molecule has 0 aliphatic carbocycles. The van der Waals surface area contributed by atoms with Gasteiger partial charge in [-0.05, 0) is 19.4 Å². The minimum absolute atomic E-state index is 0.192. The van der Waals surface area contributed by atoms with Crippen LogP contribution < -0.4 is 16.6 Å². The van der Waals surface area contributed by atoms with Crippen molar-refractivity contribution in [1.82, 2.24) is 9.97 Å². The highest BCUT2D eigenvalue weighted by Crippen LogP contribution is 2.02. The van der Waals surface area contributed by atoms with Crippen LogP contribution in [0.25, 0.3) is 0 Å². The monoisotopic (exact) mass is 196 g/mol. The van der Waals surface area contributed by atoms with Crippen molar-refractivity contribution in [2.24, 2.45) is 5.73 Å². The van der Waals surface area contributed by atoms with Crippen molar-refractivity contribution in [2.45, 2.75) is 25.8 Å². The van der Waals surface area contributed by atoms with Gasteiger partial charge in [-0.15, -0.1) is 0 Å². The Hall–Kier alpha value is -1.36. The molecule has 0 aliphatic rings. The van der Waals surface area contributed by atoms with Gasteiger partial charge in [-0.25, -0.2) is 4.98 Å². The second kappa shape index (κ2) is 5.39. The number of nitrogens with two attached hydrogens (primary N) is 1. The van der Waals surface area contributed by atoms with Gasteiger partial charge in [0.05, 0.1) is 0 Å². The lowest BCUT2D eigenvalue weighted by atomic mass is 10.1. The molecule has 1 aromatic heterocycles. The number of aromatic nitrogens is 2. The lowest BCUT2D eigenvalue weighted by Crippen LogP contribution is -2.26. The van der Waals surface area contributed by atoms with E-state index in [-0.39, 0.29) is 11.6 Å². The summed E-state index contributed by atoms with van der Waals surface area (Å²) in [6.45, 7) is 2.65. The van der Waals surface area contributed by atoms with Gasteiger partial charge < -0.3 is 16.0 Å². The van der Waals surface area contributed by atoms with Gasteiger partial charge in [0.2, 0.25) is 0 Å². The van der Waals surface area contributed by atoms with Crippen LogP contribution in [0.5, 0.6) is 0 Å². The molecule has 0 amide bonds. The first-order valence-corrected chi connectivity index (χ1v) is 4.78. The van der Waals surface area contributed by atoms with Crippen LogP contribution in [-0.2, 0) is 0 Å². The predicted molar refractivity (Wildman–Crippen MR) is 56.2 cm³/mol. The molecule has 1 unspecified atom stereocenters. The third-order valence-electron chi connectivity index (χ3n) is 2.06. The summed E-state index contributed by atoms with van der Waals surface area (Å²) in [7, 11) is 0. The van der Waals surface area contributed by atoms with Crippen molar-refractivity contribution in [3.05, 3.63) is 22.7 Å². The standard InChI is InChI=1S/C9H16N4O/c1-2-7(3-4-10)13-8-9(14)12-6-5-11-8/h5-7H,2-4,10H2,1H3,(H,11,13)(H,12,14). The van der Waals surface area contributed by atoms with Gasteiger partial charge in [0.1, 0.15) is 0 Å². The van der Waals surface area contributed by atoms with Gasteiger partial charge in [0.25, 0.3) is 5.56 Å². The number of rotatable bonds is 5. The van der Waals surface area contributed by atoms with Gasteiger partial charge in [-0.2, -0.15) is 0 Å². The second-order valence-electron chi connectivity index (χ2n) is 3.09. The maximum atomic E-state index is 11.3. The van der Waals surface area contributed by atoms with E-state index >= 15 is 0 Å². The number of nitrogens with one attached hydrogen (secondary N) is 2. The molecule has 0 spiro atoms. The zero-order chi connectivity index (χ0) is 10.4. The number of hydrogen-bond donors (Lipinski definition) is 3. The van der Waals surface area contributed by atoms with Gasteiger partial charge >= 0.3 is 0 Å². The number of aromatic amines is 1. The Morgan fingerprint density at radius 2 is 2.50 bits per heavy atom. The third kappa shape index (κ3) is 2.85. The zero-order valence-electron chi connectivity index (χ0n) is 8.29. The van der Waals surface area contributed by atoms with Crippen LogP contribution in [0.3, 0.4) is 0 Å². The maximum absolute atomic E-state index is 11.3. The summed E-state index contributed by atoms with van der Waals surface area (Å²) in [5.41, 5.74) is 5.26. The minimum Gasteiger partial charge on any atom is -0.363 e. The summed E-state index contributed by atoms with van der Waals surface area (Å²) in [4.78, 5) is 17.8. The van der Waals surface area contributed by atoms with Crippen LogP contribution in [0, 0.1) is 0 Å². The quantitative estimate of drug-likeness (QED) is 0.632. The smallest absolute Gasteiger partial charge is 0.290 e. The Morgan fingerprint density at radius 1 is 1.71 bits per heavy atom. The summed E-state index contributed by atoms with van der Waals surface area (Å²) >= 11 is 0. The Kier molecular flexibility index (Phi) is 4.12. The van der Waals surface area contributed by atoms with Crippen molar-refractivity contribution >= 4 is 5.82 Å². The fourth-order valence-electron chi connectivity index (χ4n) is 1.23. The molecule has 1 rings (SSSR count). The van der Waals surface area contributed by atoms with Crippen molar-refractivity contribution in [1.29, 1.82) is 0 Å². The average Bonchev–Trinajstić information content (AvgIpc) is 2.20. The first kappa shape index (κ1) is 10.7. The lowest BCUT2D eigenvalue weighted by Gasteiger charge is -2.15. The van der Waals surface area contributed by atoms with E-state index in [2.05, 4.69) is 15.3 Å². The summed E-state index contributed by atoms with van der Waals surface area (Å²) in [6, 6.07) is 0.219. The molecule has 4 N–H and O–H groups in total. The topological polar surface area (TPSA) is 83.8 Å². The number of anilines is 1. The Balaban J connectivity index is 2.67. The largest absolute Gasteiger partial charge is 0.363 e. The lowest BCUT2D eigenvalue weighted by molar-refractivity contribution is 0.638. The van der Waals surface area contributed by atoms with Crippen LogP contribution in [0.1, 0.15) is 19.8 Å². The Bertz CT molecular complexity index is 323. The molecule has 0 aliphatic heterocycles.